The lowest BCUT2D eigenvalue weighted by atomic mass is 10.1. The van der Waals surface area contributed by atoms with Crippen molar-refractivity contribution in [2.24, 2.45) is 4.99 Å². The van der Waals surface area contributed by atoms with Crippen LogP contribution in [0.5, 0.6) is 11.5 Å². The minimum Gasteiger partial charge on any atom is -0.489 e. The van der Waals surface area contributed by atoms with Crippen molar-refractivity contribution in [1.82, 2.24) is 16.0 Å². The quantitative estimate of drug-likeness (QED) is 0.221. The zero-order chi connectivity index (χ0) is 22.8. The topological polar surface area (TPSA) is 84.0 Å². The molecule has 0 saturated heterocycles. The Labute approximate surface area is 213 Å². The maximum Gasteiger partial charge on any atom is 0.258 e. The Bertz CT molecular complexity index is 901. The van der Waals surface area contributed by atoms with Crippen LogP contribution in [0.3, 0.4) is 0 Å². The Morgan fingerprint density at radius 2 is 1.85 bits per heavy atom. The van der Waals surface area contributed by atoms with Gasteiger partial charge in [0.1, 0.15) is 17.6 Å². The van der Waals surface area contributed by atoms with Crippen LogP contribution < -0.4 is 25.4 Å². The summed E-state index contributed by atoms with van der Waals surface area (Å²) in [5.74, 6) is 2.29. The Kier molecular flexibility index (Phi) is 11.3. The fourth-order valence-corrected chi connectivity index (χ4v) is 3.13. The van der Waals surface area contributed by atoms with Crippen LogP contribution in [0.1, 0.15) is 30.9 Å². The third kappa shape index (κ3) is 9.89. The summed E-state index contributed by atoms with van der Waals surface area (Å²) in [6.45, 7) is 5.53. The van der Waals surface area contributed by atoms with E-state index >= 15 is 0 Å². The zero-order valence-corrected chi connectivity index (χ0v) is 21.9. The number of aryl methyl sites for hydroxylation is 1. The number of halogens is 1. The number of nitrogens with zero attached hydrogens (tertiary/aromatic N) is 1. The fraction of sp³-hybridized carbons (Fsp3) is 0.440. The van der Waals surface area contributed by atoms with Crippen LogP contribution >= 0.6 is 24.0 Å². The summed E-state index contributed by atoms with van der Waals surface area (Å²) in [5.41, 5.74) is 2.30. The number of carbonyl (C=O) groups is 1. The number of ether oxygens (including phenoxy) is 2. The molecule has 0 spiro atoms. The van der Waals surface area contributed by atoms with E-state index in [1.807, 2.05) is 62.4 Å². The van der Waals surface area contributed by atoms with Gasteiger partial charge in [0.15, 0.2) is 12.6 Å². The molecule has 8 heteroatoms. The molecule has 1 unspecified atom stereocenters. The lowest BCUT2D eigenvalue weighted by Gasteiger charge is -2.18. The Morgan fingerprint density at radius 1 is 1.12 bits per heavy atom. The van der Waals surface area contributed by atoms with Crippen LogP contribution in [0.25, 0.3) is 0 Å². The van der Waals surface area contributed by atoms with Crippen molar-refractivity contribution in [3.05, 3.63) is 59.7 Å². The predicted octanol–water partition coefficient (Wildman–Crippen LogP) is 3.45. The second-order valence-corrected chi connectivity index (χ2v) is 8.10. The number of benzene rings is 2. The first-order chi connectivity index (χ1) is 15.5. The number of amides is 1. The molecular formula is C25H35IN4O3. The minimum absolute atomic E-state index is 0. The molecule has 2 aromatic carbocycles. The van der Waals surface area contributed by atoms with Gasteiger partial charge in [-0.05, 0) is 62.4 Å². The van der Waals surface area contributed by atoms with Gasteiger partial charge in [0, 0.05) is 19.6 Å². The highest BCUT2D eigenvalue weighted by Gasteiger charge is 2.23. The summed E-state index contributed by atoms with van der Waals surface area (Å²) < 4.78 is 11.5. The highest BCUT2D eigenvalue weighted by molar-refractivity contribution is 14.0. The SMILES string of the molecule is CN=C(NCCc1ccc(OCC(=O)NC2CC2)cc1)NCC(C)Oc1ccccc1C.I. The van der Waals surface area contributed by atoms with Crippen molar-refractivity contribution in [3.8, 4) is 11.5 Å². The Morgan fingerprint density at radius 3 is 2.52 bits per heavy atom. The van der Waals surface area contributed by atoms with E-state index in [0.717, 1.165) is 43.1 Å². The lowest BCUT2D eigenvalue weighted by Crippen LogP contribution is -2.42. The summed E-state index contributed by atoms with van der Waals surface area (Å²) in [7, 11) is 1.76. The molecule has 0 aliphatic heterocycles. The van der Waals surface area contributed by atoms with Crippen LogP contribution in [0, 0.1) is 6.92 Å². The number of para-hydroxylation sites is 1. The van der Waals surface area contributed by atoms with E-state index in [0.29, 0.717) is 18.3 Å². The van der Waals surface area contributed by atoms with E-state index in [1.165, 1.54) is 5.56 Å². The largest absolute Gasteiger partial charge is 0.489 e. The van der Waals surface area contributed by atoms with Gasteiger partial charge >= 0.3 is 0 Å². The van der Waals surface area contributed by atoms with Crippen molar-refractivity contribution >= 4 is 35.8 Å². The molecule has 1 fully saturated rings. The molecule has 1 aliphatic carbocycles. The summed E-state index contributed by atoms with van der Waals surface area (Å²) in [5, 5.41) is 9.55. The van der Waals surface area contributed by atoms with Gasteiger partial charge in [0.05, 0.1) is 6.54 Å². The van der Waals surface area contributed by atoms with Crippen LogP contribution in [-0.2, 0) is 11.2 Å². The first-order valence-corrected chi connectivity index (χ1v) is 11.2. The maximum absolute atomic E-state index is 11.7. The lowest BCUT2D eigenvalue weighted by molar-refractivity contribution is -0.123. The third-order valence-electron chi connectivity index (χ3n) is 5.14. The van der Waals surface area contributed by atoms with E-state index in [9.17, 15) is 4.79 Å². The molecule has 3 N–H and O–H groups in total. The van der Waals surface area contributed by atoms with Crippen molar-refractivity contribution in [2.75, 3.05) is 26.7 Å². The van der Waals surface area contributed by atoms with Gasteiger partial charge in [-0.1, -0.05) is 30.3 Å². The van der Waals surface area contributed by atoms with Crippen molar-refractivity contribution in [2.45, 2.75) is 45.3 Å². The average Bonchev–Trinajstić information content (AvgIpc) is 3.61. The predicted molar refractivity (Wildman–Crippen MR) is 143 cm³/mol. The van der Waals surface area contributed by atoms with Crippen molar-refractivity contribution in [1.29, 1.82) is 0 Å². The monoisotopic (exact) mass is 566 g/mol. The summed E-state index contributed by atoms with van der Waals surface area (Å²) in [4.78, 5) is 16.0. The first kappa shape index (κ1) is 26.8. The Balaban J connectivity index is 0.00000385. The summed E-state index contributed by atoms with van der Waals surface area (Å²) in [6, 6.07) is 16.2. The zero-order valence-electron chi connectivity index (χ0n) is 19.6. The number of nitrogens with one attached hydrogen (secondary N) is 3. The molecule has 33 heavy (non-hydrogen) atoms. The van der Waals surface area contributed by atoms with E-state index < -0.39 is 0 Å². The Hall–Kier alpha value is -2.49. The number of guanidine groups is 1. The second-order valence-electron chi connectivity index (χ2n) is 8.10. The third-order valence-corrected chi connectivity index (χ3v) is 5.14. The molecule has 0 aromatic heterocycles. The molecular weight excluding hydrogens is 531 g/mol. The van der Waals surface area contributed by atoms with Crippen LogP contribution in [0.2, 0.25) is 0 Å². The molecule has 1 amide bonds. The van der Waals surface area contributed by atoms with Gasteiger partial charge in [-0.2, -0.15) is 0 Å². The highest BCUT2D eigenvalue weighted by Crippen LogP contribution is 2.19. The van der Waals surface area contributed by atoms with Crippen LogP contribution in [0.4, 0.5) is 0 Å². The molecule has 3 rings (SSSR count). The minimum atomic E-state index is -0.0571. The molecule has 7 nitrogen and oxygen atoms in total. The molecule has 0 radical (unpaired) electrons. The van der Waals surface area contributed by atoms with Gasteiger partial charge in [-0.25, -0.2) is 0 Å². The maximum atomic E-state index is 11.7. The van der Waals surface area contributed by atoms with Gasteiger partial charge < -0.3 is 25.4 Å². The summed E-state index contributed by atoms with van der Waals surface area (Å²) in [6.07, 6.45) is 3.01. The van der Waals surface area contributed by atoms with Gasteiger partial charge in [-0.3, -0.25) is 9.79 Å². The number of carbonyl (C=O) groups excluding carboxylic acids is 1. The number of hydrogen-bond donors (Lipinski definition) is 3. The smallest absolute Gasteiger partial charge is 0.258 e. The number of rotatable bonds is 11. The first-order valence-electron chi connectivity index (χ1n) is 11.2. The highest BCUT2D eigenvalue weighted by atomic mass is 127. The van der Waals surface area contributed by atoms with Gasteiger partial charge in [-0.15, -0.1) is 24.0 Å². The van der Waals surface area contributed by atoms with Crippen molar-refractivity contribution < 1.29 is 14.3 Å². The van der Waals surface area contributed by atoms with Gasteiger partial charge in [0.2, 0.25) is 0 Å². The molecule has 2 aromatic rings. The van der Waals surface area contributed by atoms with Crippen molar-refractivity contribution in [3.63, 3.8) is 0 Å². The van der Waals surface area contributed by atoms with Crippen LogP contribution in [0.15, 0.2) is 53.5 Å². The molecule has 1 saturated carbocycles. The second kappa shape index (κ2) is 13.9. The molecule has 0 bridgehead atoms. The van der Waals surface area contributed by atoms with Crippen LogP contribution in [-0.4, -0.2) is 50.8 Å². The average molecular weight is 566 g/mol. The molecule has 1 aliphatic rings. The molecule has 180 valence electrons. The number of hydrogen-bond acceptors (Lipinski definition) is 4. The van der Waals surface area contributed by atoms with E-state index in [4.69, 9.17) is 9.47 Å². The molecule has 0 heterocycles. The summed E-state index contributed by atoms with van der Waals surface area (Å²) >= 11 is 0. The van der Waals surface area contributed by atoms with Gasteiger partial charge in [0.25, 0.3) is 5.91 Å². The normalized spacial score (nSPS) is 14.0. The molecule has 1 atom stereocenters. The van der Waals surface area contributed by atoms with E-state index in [2.05, 4.69) is 20.9 Å². The standard InChI is InChI=1S/C25H34N4O3.HI/c1-18-6-4-5-7-23(18)32-19(2)16-28-25(26-3)27-15-14-20-8-12-22(13-9-20)31-17-24(30)29-21-10-11-21;/h4-9,12-13,19,21H,10-11,14-17H2,1-3H3,(H,29,30)(H2,26,27,28);1H. The fourth-order valence-electron chi connectivity index (χ4n) is 3.13. The number of aliphatic imine (C=N–C) groups is 1. The van der Waals surface area contributed by atoms with E-state index in [1.54, 1.807) is 7.05 Å². The van der Waals surface area contributed by atoms with E-state index in [-0.39, 0.29) is 42.6 Å².